The maximum absolute atomic E-state index is 13.7. The molecule has 4 aromatic rings. The molecule has 0 radical (unpaired) electrons. The van der Waals surface area contributed by atoms with Gasteiger partial charge in [0.2, 0.25) is 0 Å². The molecule has 6 nitrogen and oxygen atoms in total. The first-order valence-corrected chi connectivity index (χ1v) is 10.00. The molecule has 0 saturated carbocycles. The summed E-state index contributed by atoms with van der Waals surface area (Å²) in [7, 11) is 0. The van der Waals surface area contributed by atoms with E-state index in [0.29, 0.717) is 17.0 Å². The highest BCUT2D eigenvalue weighted by molar-refractivity contribution is 5.78. The molecular formula is C25H21FN2O4. The minimum atomic E-state index is -1.77. The Balaban J connectivity index is 1.50. The predicted molar refractivity (Wildman–Crippen MR) is 119 cm³/mol. The van der Waals surface area contributed by atoms with E-state index in [1.54, 1.807) is 30.3 Å². The van der Waals surface area contributed by atoms with Crippen molar-refractivity contribution in [3.63, 3.8) is 0 Å². The summed E-state index contributed by atoms with van der Waals surface area (Å²) in [5.41, 5.74) is 2.47. The van der Waals surface area contributed by atoms with Gasteiger partial charge in [0.15, 0.2) is 6.10 Å². The summed E-state index contributed by atoms with van der Waals surface area (Å²) in [6, 6.07) is 23.0. The van der Waals surface area contributed by atoms with E-state index in [9.17, 15) is 19.4 Å². The number of hydrogen-bond donors (Lipinski definition) is 3. The molecule has 162 valence electrons. The number of fused-ring (bicyclic) bond motifs is 1. The van der Waals surface area contributed by atoms with Crippen LogP contribution in [0.5, 0.6) is 5.75 Å². The average Bonchev–Trinajstić information content (AvgIpc) is 2.81. The van der Waals surface area contributed by atoms with Crippen molar-refractivity contribution in [3.05, 3.63) is 102 Å². The molecule has 1 aromatic heterocycles. The van der Waals surface area contributed by atoms with Gasteiger partial charge in [-0.25, -0.2) is 14.2 Å². The predicted octanol–water partition coefficient (Wildman–Crippen LogP) is 4.55. The molecule has 32 heavy (non-hydrogen) atoms. The molecule has 0 unspecified atom stereocenters. The second-order valence-electron chi connectivity index (χ2n) is 7.27. The number of carbonyl (C=O) groups is 1. The van der Waals surface area contributed by atoms with Gasteiger partial charge in [0, 0.05) is 17.1 Å². The summed E-state index contributed by atoms with van der Waals surface area (Å²) in [4.78, 5) is 16.0. The molecule has 3 N–H and O–H groups in total. The van der Waals surface area contributed by atoms with Crippen LogP contribution in [0.3, 0.4) is 0 Å². The number of benzene rings is 3. The fraction of sp³-hybridized carbons (Fsp3) is 0.120. The Hall–Kier alpha value is -3.97. The minimum Gasteiger partial charge on any atom is -0.487 e. The quantitative estimate of drug-likeness (QED) is 0.378. The summed E-state index contributed by atoms with van der Waals surface area (Å²) in [6.45, 7) is 0.249. The van der Waals surface area contributed by atoms with Crippen LogP contribution in [-0.4, -0.2) is 27.3 Å². The van der Waals surface area contributed by atoms with Gasteiger partial charge in [-0.2, -0.15) is 0 Å². The average molecular weight is 432 g/mol. The maximum atomic E-state index is 13.7. The molecular weight excluding hydrogens is 411 g/mol. The zero-order valence-corrected chi connectivity index (χ0v) is 17.0. The van der Waals surface area contributed by atoms with Crippen molar-refractivity contribution >= 4 is 22.6 Å². The second-order valence-corrected chi connectivity index (χ2v) is 7.27. The van der Waals surface area contributed by atoms with Crippen molar-refractivity contribution in [1.29, 1.82) is 0 Å². The van der Waals surface area contributed by atoms with Crippen molar-refractivity contribution in [2.75, 3.05) is 5.32 Å². The van der Waals surface area contributed by atoms with Crippen molar-refractivity contribution in [2.45, 2.75) is 18.8 Å². The van der Waals surface area contributed by atoms with Crippen LogP contribution in [0.1, 0.15) is 17.3 Å². The smallest absolute Gasteiger partial charge is 0.335 e. The normalized spacial score (nSPS) is 12.8. The van der Waals surface area contributed by atoms with Crippen LogP contribution in [0, 0.1) is 5.82 Å². The van der Waals surface area contributed by atoms with E-state index in [1.165, 1.54) is 18.2 Å². The number of carboxylic acid groups (broad SMARTS) is 1. The summed E-state index contributed by atoms with van der Waals surface area (Å²) in [5, 5.41) is 23.5. The zero-order chi connectivity index (χ0) is 22.5. The first-order chi connectivity index (χ1) is 15.5. The highest BCUT2D eigenvalue weighted by Crippen LogP contribution is 2.26. The van der Waals surface area contributed by atoms with Crippen molar-refractivity contribution in [1.82, 2.24) is 4.98 Å². The van der Waals surface area contributed by atoms with E-state index in [1.807, 2.05) is 36.4 Å². The van der Waals surface area contributed by atoms with Crippen molar-refractivity contribution in [3.8, 4) is 5.75 Å². The van der Waals surface area contributed by atoms with E-state index in [-0.39, 0.29) is 6.61 Å². The van der Waals surface area contributed by atoms with Crippen LogP contribution in [0.2, 0.25) is 0 Å². The summed E-state index contributed by atoms with van der Waals surface area (Å²) in [6.07, 6.45) is -1.77. The van der Waals surface area contributed by atoms with Gasteiger partial charge in [0.1, 0.15) is 18.2 Å². The number of pyridine rings is 1. The second kappa shape index (κ2) is 9.45. The van der Waals surface area contributed by atoms with E-state index in [4.69, 9.17) is 4.74 Å². The Morgan fingerprint density at radius 1 is 1.00 bits per heavy atom. The standard InChI is InChI=1S/C25H21FN2O4/c26-18-7-3-6-17(13-18)23(24(29)25(30)31)28-19-8-4-9-21(14-19)32-15-20-12-11-16-5-1-2-10-22(16)27-20/h1-14,23-24,28-29H,15H2,(H,30,31)/t23-,24-/m0/s1. The Morgan fingerprint density at radius 3 is 2.62 bits per heavy atom. The Kier molecular flexibility index (Phi) is 6.28. The van der Waals surface area contributed by atoms with Crippen LogP contribution in [0.25, 0.3) is 10.9 Å². The van der Waals surface area contributed by atoms with Gasteiger partial charge in [-0.3, -0.25) is 0 Å². The molecule has 0 amide bonds. The first kappa shape index (κ1) is 21.3. The van der Waals surface area contributed by atoms with Gasteiger partial charge in [-0.1, -0.05) is 42.5 Å². The highest BCUT2D eigenvalue weighted by Gasteiger charge is 2.27. The molecule has 0 aliphatic rings. The first-order valence-electron chi connectivity index (χ1n) is 10.00. The van der Waals surface area contributed by atoms with Gasteiger partial charge in [-0.15, -0.1) is 0 Å². The lowest BCUT2D eigenvalue weighted by Crippen LogP contribution is -2.32. The number of aliphatic hydroxyl groups excluding tert-OH is 1. The topological polar surface area (TPSA) is 91.7 Å². The summed E-state index contributed by atoms with van der Waals surface area (Å²) in [5.74, 6) is -1.40. The number of halogens is 1. The van der Waals surface area contributed by atoms with E-state index in [0.717, 1.165) is 16.6 Å². The molecule has 4 rings (SSSR count). The summed E-state index contributed by atoms with van der Waals surface area (Å²) < 4.78 is 19.5. The Bertz CT molecular complexity index is 1250. The molecule has 0 bridgehead atoms. The summed E-state index contributed by atoms with van der Waals surface area (Å²) >= 11 is 0. The largest absolute Gasteiger partial charge is 0.487 e. The van der Waals surface area contributed by atoms with Gasteiger partial charge in [-0.05, 0) is 42.0 Å². The Labute approximate surface area is 183 Å². The Morgan fingerprint density at radius 2 is 1.81 bits per heavy atom. The number of nitrogens with one attached hydrogen (secondary N) is 1. The molecule has 0 fully saturated rings. The lowest BCUT2D eigenvalue weighted by atomic mass is 10.0. The monoisotopic (exact) mass is 432 g/mol. The molecule has 0 saturated heterocycles. The number of aromatic nitrogens is 1. The fourth-order valence-corrected chi connectivity index (χ4v) is 3.39. The van der Waals surface area contributed by atoms with Crippen molar-refractivity contribution < 1.29 is 24.1 Å². The van der Waals surface area contributed by atoms with Crippen LogP contribution >= 0.6 is 0 Å². The molecule has 0 spiro atoms. The number of rotatable bonds is 8. The number of carboxylic acids is 1. The van der Waals surface area contributed by atoms with Crippen LogP contribution in [-0.2, 0) is 11.4 Å². The lowest BCUT2D eigenvalue weighted by molar-refractivity contribution is -0.147. The van der Waals surface area contributed by atoms with E-state index < -0.39 is 23.9 Å². The SMILES string of the molecule is O=C(O)[C@@H](O)[C@@H](Nc1cccc(OCc2ccc3ccccc3n2)c1)c1cccc(F)c1. The van der Waals surface area contributed by atoms with Gasteiger partial charge < -0.3 is 20.3 Å². The van der Waals surface area contributed by atoms with Crippen LogP contribution in [0.15, 0.2) is 84.9 Å². The van der Waals surface area contributed by atoms with E-state index >= 15 is 0 Å². The molecule has 1 heterocycles. The number of aliphatic hydroxyl groups is 1. The van der Waals surface area contributed by atoms with E-state index in [2.05, 4.69) is 10.3 Å². The lowest BCUT2D eigenvalue weighted by Gasteiger charge is -2.23. The fourth-order valence-electron chi connectivity index (χ4n) is 3.39. The number of ether oxygens (including phenoxy) is 1. The number of hydrogen-bond acceptors (Lipinski definition) is 5. The van der Waals surface area contributed by atoms with Gasteiger partial charge in [0.25, 0.3) is 0 Å². The molecule has 2 atom stereocenters. The van der Waals surface area contributed by atoms with Crippen LogP contribution < -0.4 is 10.1 Å². The third-order valence-corrected chi connectivity index (χ3v) is 4.98. The maximum Gasteiger partial charge on any atom is 0.335 e. The van der Waals surface area contributed by atoms with Crippen molar-refractivity contribution in [2.24, 2.45) is 0 Å². The van der Waals surface area contributed by atoms with Gasteiger partial charge in [0.05, 0.1) is 17.3 Å². The minimum absolute atomic E-state index is 0.249. The highest BCUT2D eigenvalue weighted by atomic mass is 19.1. The third-order valence-electron chi connectivity index (χ3n) is 4.98. The zero-order valence-electron chi connectivity index (χ0n) is 17.0. The number of para-hydroxylation sites is 1. The molecule has 7 heteroatoms. The molecule has 3 aromatic carbocycles. The van der Waals surface area contributed by atoms with Gasteiger partial charge >= 0.3 is 5.97 Å². The third kappa shape index (κ3) is 5.01. The number of anilines is 1. The molecule has 0 aliphatic carbocycles. The van der Waals surface area contributed by atoms with Crippen LogP contribution in [0.4, 0.5) is 10.1 Å². The molecule has 0 aliphatic heterocycles. The number of aliphatic carboxylic acids is 1. The number of nitrogens with zero attached hydrogens (tertiary/aromatic N) is 1.